The summed E-state index contributed by atoms with van der Waals surface area (Å²) in [4.78, 5) is 4.13. The summed E-state index contributed by atoms with van der Waals surface area (Å²) in [5.74, 6) is 3.24. The second-order valence-electron chi connectivity index (χ2n) is 3.52. The van der Waals surface area contributed by atoms with Gasteiger partial charge in [-0.15, -0.1) is 12.3 Å². The molecule has 0 fully saturated rings. The van der Waals surface area contributed by atoms with Gasteiger partial charge in [0.2, 0.25) is 11.7 Å². The van der Waals surface area contributed by atoms with Crippen LogP contribution in [-0.4, -0.2) is 15.2 Å². The minimum absolute atomic E-state index is 0.141. The molecular weight excluding hydrogens is 218 g/mol. The third kappa shape index (κ3) is 2.44. The largest absolute Gasteiger partial charge is 0.508 e. The van der Waals surface area contributed by atoms with Gasteiger partial charge in [0.05, 0.1) is 6.04 Å². The maximum Gasteiger partial charge on any atom is 0.244 e. The number of terminal acetylenes is 1. The van der Waals surface area contributed by atoms with Crippen LogP contribution in [0.2, 0.25) is 0 Å². The van der Waals surface area contributed by atoms with E-state index >= 15 is 0 Å². The number of phenolic OH excluding ortho intramolecular Hbond substituents is 1. The zero-order valence-corrected chi connectivity index (χ0v) is 9.00. The molecule has 0 aliphatic rings. The van der Waals surface area contributed by atoms with Crippen LogP contribution in [0, 0.1) is 12.3 Å². The zero-order valence-electron chi connectivity index (χ0n) is 9.00. The van der Waals surface area contributed by atoms with Crippen LogP contribution in [0.25, 0.3) is 11.4 Å². The van der Waals surface area contributed by atoms with Gasteiger partial charge in [0, 0.05) is 12.0 Å². The number of aromatic hydroxyl groups is 1. The third-order valence-corrected chi connectivity index (χ3v) is 2.20. The standard InChI is InChI=1S/C12H11N3O2/c1-2-4-10(13)12-14-11(15-17-12)8-5-3-6-9(16)7-8/h1,3,5-7,10,16H,4,13H2. The van der Waals surface area contributed by atoms with Crippen molar-refractivity contribution in [2.24, 2.45) is 5.73 Å². The summed E-state index contributed by atoms with van der Waals surface area (Å²) < 4.78 is 5.01. The smallest absolute Gasteiger partial charge is 0.244 e. The van der Waals surface area contributed by atoms with Crippen LogP contribution in [0.15, 0.2) is 28.8 Å². The highest BCUT2D eigenvalue weighted by atomic mass is 16.5. The molecule has 0 amide bonds. The Balaban J connectivity index is 2.27. The normalized spacial score (nSPS) is 12.0. The van der Waals surface area contributed by atoms with E-state index in [1.54, 1.807) is 24.3 Å². The van der Waals surface area contributed by atoms with E-state index in [9.17, 15) is 5.11 Å². The van der Waals surface area contributed by atoms with Gasteiger partial charge in [-0.2, -0.15) is 4.98 Å². The minimum atomic E-state index is -0.460. The van der Waals surface area contributed by atoms with E-state index in [4.69, 9.17) is 16.7 Å². The molecule has 5 nitrogen and oxygen atoms in total. The highest BCUT2D eigenvalue weighted by Gasteiger charge is 2.14. The highest BCUT2D eigenvalue weighted by molar-refractivity contribution is 5.56. The molecule has 0 aliphatic heterocycles. The highest BCUT2D eigenvalue weighted by Crippen LogP contribution is 2.22. The molecule has 1 unspecified atom stereocenters. The number of hydrogen-bond acceptors (Lipinski definition) is 5. The molecule has 1 heterocycles. The fraction of sp³-hybridized carbons (Fsp3) is 0.167. The quantitative estimate of drug-likeness (QED) is 0.778. The number of hydrogen-bond donors (Lipinski definition) is 2. The van der Waals surface area contributed by atoms with Crippen LogP contribution in [0.1, 0.15) is 18.4 Å². The molecule has 1 aromatic heterocycles. The monoisotopic (exact) mass is 229 g/mol. The van der Waals surface area contributed by atoms with E-state index in [2.05, 4.69) is 16.1 Å². The van der Waals surface area contributed by atoms with Crippen LogP contribution in [0.4, 0.5) is 0 Å². The lowest BCUT2D eigenvalue weighted by molar-refractivity contribution is 0.357. The molecule has 3 N–H and O–H groups in total. The van der Waals surface area contributed by atoms with Gasteiger partial charge < -0.3 is 15.4 Å². The number of benzene rings is 1. The van der Waals surface area contributed by atoms with Gasteiger partial charge in [0.25, 0.3) is 0 Å². The summed E-state index contributed by atoms with van der Waals surface area (Å²) in [6.45, 7) is 0. The van der Waals surface area contributed by atoms with E-state index in [1.165, 1.54) is 0 Å². The van der Waals surface area contributed by atoms with Gasteiger partial charge >= 0.3 is 0 Å². The molecular formula is C12H11N3O2. The van der Waals surface area contributed by atoms with Crippen LogP contribution in [0.5, 0.6) is 5.75 Å². The van der Waals surface area contributed by atoms with Gasteiger partial charge in [0.1, 0.15) is 5.75 Å². The molecule has 0 bridgehead atoms. The lowest BCUT2D eigenvalue weighted by atomic mass is 10.2. The molecule has 2 aromatic rings. The van der Waals surface area contributed by atoms with Crippen molar-refractivity contribution in [3.05, 3.63) is 30.2 Å². The fourth-order valence-electron chi connectivity index (χ4n) is 1.36. The molecule has 1 aromatic carbocycles. The summed E-state index contributed by atoms with van der Waals surface area (Å²) in [7, 11) is 0. The summed E-state index contributed by atoms with van der Waals surface area (Å²) in [6.07, 6.45) is 5.49. The molecule has 86 valence electrons. The van der Waals surface area contributed by atoms with E-state index in [1.807, 2.05) is 0 Å². The second-order valence-corrected chi connectivity index (χ2v) is 3.52. The van der Waals surface area contributed by atoms with Crippen molar-refractivity contribution in [3.8, 4) is 29.5 Å². The average Bonchev–Trinajstić information content (AvgIpc) is 2.78. The second kappa shape index (κ2) is 4.68. The molecule has 0 saturated carbocycles. The maximum absolute atomic E-state index is 9.34. The summed E-state index contributed by atoms with van der Waals surface area (Å²) in [6, 6.07) is 6.11. The summed E-state index contributed by atoms with van der Waals surface area (Å²) in [5, 5.41) is 13.1. The van der Waals surface area contributed by atoms with Gasteiger partial charge in [-0.1, -0.05) is 17.3 Å². The molecule has 0 aliphatic carbocycles. The van der Waals surface area contributed by atoms with Crippen LogP contribution >= 0.6 is 0 Å². The molecule has 0 spiro atoms. The zero-order chi connectivity index (χ0) is 12.3. The van der Waals surface area contributed by atoms with Crippen LogP contribution in [0.3, 0.4) is 0 Å². The molecule has 1 atom stereocenters. The van der Waals surface area contributed by atoms with E-state index in [0.717, 1.165) is 0 Å². The van der Waals surface area contributed by atoms with Gasteiger partial charge in [0.15, 0.2) is 0 Å². The molecule has 2 rings (SSSR count). The first-order chi connectivity index (χ1) is 8.20. The molecule has 0 saturated heterocycles. The molecule has 0 radical (unpaired) electrons. The fourth-order valence-corrected chi connectivity index (χ4v) is 1.36. The van der Waals surface area contributed by atoms with Gasteiger partial charge in [-0.25, -0.2) is 0 Å². The number of aromatic nitrogens is 2. The Bertz CT molecular complexity index is 557. The van der Waals surface area contributed by atoms with Crippen LogP contribution < -0.4 is 5.73 Å². The predicted molar refractivity (Wildman–Crippen MR) is 61.8 cm³/mol. The lowest BCUT2D eigenvalue weighted by Gasteiger charge is -1.99. The Labute approximate surface area is 98.3 Å². The Kier molecular flexibility index (Phi) is 3.08. The first-order valence-corrected chi connectivity index (χ1v) is 5.02. The number of rotatable bonds is 3. The minimum Gasteiger partial charge on any atom is -0.508 e. The SMILES string of the molecule is C#CCC(N)c1nc(-c2cccc(O)c2)no1. The third-order valence-electron chi connectivity index (χ3n) is 2.20. The first kappa shape index (κ1) is 11.2. The number of nitrogens with two attached hydrogens (primary N) is 1. The Morgan fingerprint density at radius 2 is 2.35 bits per heavy atom. The van der Waals surface area contributed by atoms with Crippen molar-refractivity contribution in [3.63, 3.8) is 0 Å². The summed E-state index contributed by atoms with van der Waals surface area (Å²) in [5.41, 5.74) is 6.40. The van der Waals surface area contributed by atoms with E-state index in [-0.39, 0.29) is 5.75 Å². The maximum atomic E-state index is 9.34. The molecule has 17 heavy (non-hydrogen) atoms. The van der Waals surface area contributed by atoms with Crippen molar-refractivity contribution in [1.29, 1.82) is 0 Å². The Hall–Kier alpha value is -2.32. The van der Waals surface area contributed by atoms with Crippen molar-refractivity contribution >= 4 is 0 Å². The number of nitrogens with zero attached hydrogens (tertiary/aromatic N) is 2. The van der Waals surface area contributed by atoms with Crippen molar-refractivity contribution in [2.75, 3.05) is 0 Å². The predicted octanol–water partition coefficient (Wildman–Crippen LogP) is 1.47. The number of phenols is 1. The van der Waals surface area contributed by atoms with Crippen molar-refractivity contribution < 1.29 is 9.63 Å². The van der Waals surface area contributed by atoms with Gasteiger partial charge in [-0.3, -0.25) is 0 Å². The van der Waals surface area contributed by atoms with E-state index in [0.29, 0.717) is 23.7 Å². The first-order valence-electron chi connectivity index (χ1n) is 5.02. The Morgan fingerprint density at radius 1 is 1.53 bits per heavy atom. The van der Waals surface area contributed by atoms with Crippen LogP contribution in [-0.2, 0) is 0 Å². The lowest BCUT2D eigenvalue weighted by Crippen LogP contribution is -2.09. The average molecular weight is 229 g/mol. The summed E-state index contributed by atoms with van der Waals surface area (Å²) >= 11 is 0. The van der Waals surface area contributed by atoms with Crippen molar-refractivity contribution in [2.45, 2.75) is 12.5 Å². The molecule has 5 heteroatoms. The topological polar surface area (TPSA) is 85.2 Å². The van der Waals surface area contributed by atoms with Crippen molar-refractivity contribution in [1.82, 2.24) is 10.1 Å². The van der Waals surface area contributed by atoms with Gasteiger partial charge in [-0.05, 0) is 12.1 Å². The Morgan fingerprint density at radius 3 is 3.06 bits per heavy atom. The van der Waals surface area contributed by atoms with E-state index < -0.39 is 6.04 Å².